The van der Waals surface area contributed by atoms with Crippen LogP contribution in [-0.4, -0.2) is 70.6 Å². The Kier molecular flexibility index (Phi) is 9.39. The number of hydrogen-bond acceptors (Lipinski definition) is 8. The summed E-state index contributed by atoms with van der Waals surface area (Å²) in [7, 11) is 0. The molecule has 1 saturated heterocycles. The van der Waals surface area contributed by atoms with Gasteiger partial charge >= 0.3 is 0 Å². The van der Waals surface area contributed by atoms with E-state index in [9.17, 15) is 0 Å². The highest BCUT2D eigenvalue weighted by Crippen LogP contribution is 2.23. The monoisotopic (exact) mass is 474 g/mol. The van der Waals surface area contributed by atoms with Gasteiger partial charge in [-0.15, -0.1) is 0 Å². The Hall–Kier alpha value is -3.07. The van der Waals surface area contributed by atoms with Gasteiger partial charge in [0.1, 0.15) is 5.82 Å². The fraction of sp³-hybridized carbons (Fsp3) is 0.444. The molecular formula is C27H38N8. The van der Waals surface area contributed by atoms with Crippen LogP contribution in [0.15, 0.2) is 55.0 Å². The first-order valence-electron chi connectivity index (χ1n) is 12.8. The average Bonchev–Trinajstić information content (AvgIpc) is 2.89. The first kappa shape index (κ1) is 25.0. The molecule has 2 aromatic heterocycles. The minimum absolute atomic E-state index is 0.619. The van der Waals surface area contributed by atoms with Crippen molar-refractivity contribution in [3.8, 4) is 11.1 Å². The van der Waals surface area contributed by atoms with Crippen molar-refractivity contribution >= 4 is 17.5 Å². The van der Waals surface area contributed by atoms with Crippen LogP contribution in [0.2, 0.25) is 0 Å². The van der Waals surface area contributed by atoms with E-state index in [1.165, 1.54) is 38.0 Å². The molecule has 0 atom stereocenters. The van der Waals surface area contributed by atoms with Gasteiger partial charge < -0.3 is 21.3 Å². The number of piperazine rings is 1. The van der Waals surface area contributed by atoms with E-state index in [2.05, 4.69) is 66.6 Å². The summed E-state index contributed by atoms with van der Waals surface area (Å²) < 4.78 is 0. The van der Waals surface area contributed by atoms with E-state index in [0.29, 0.717) is 12.5 Å². The maximum absolute atomic E-state index is 5.53. The zero-order valence-corrected chi connectivity index (χ0v) is 20.8. The summed E-state index contributed by atoms with van der Waals surface area (Å²) in [4.78, 5) is 18.5. The molecular weight excluding hydrogens is 436 g/mol. The molecule has 0 unspecified atom stereocenters. The summed E-state index contributed by atoms with van der Waals surface area (Å²) >= 11 is 0. The molecule has 1 aliphatic heterocycles. The maximum Gasteiger partial charge on any atom is 0.222 e. The van der Waals surface area contributed by atoms with Crippen molar-refractivity contribution in [3.63, 3.8) is 0 Å². The molecule has 8 nitrogen and oxygen atoms in total. The Morgan fingerprint density at radius 1 is 0.914 bits per heavy atom. The zero-order chi connectivity index (χ0) is 24.3. The lowest BCUT2D eigenvalue weighted by atomic mass is 10.1. The predicted octanol–water partition coefficient (Wildman–Crippen LogP) is 3.96. The third-order valence-corrected chi connectivity index (χ3v) is 6.31. The molecule has 35 heavy (non-hydrogen) atoms. The molecule has 4 N–H and O–H groups in total. The minimum atomic E-state index is 0.619. The second-order valence-electron chi connectivity index (χ2n) is 9.09. The van der Waals surface area contributed by atoms with Gasteiger partial charge in [0.05, 0.1) is 0 Å². The predicted molar refractivity (Wildman–Crippen MR) is 144 cm³/mol. The lowest BCUT2D eigenvalue weighted by Crippen LogP contribution is -2.46. The zero-order valence-electron chi connectivity index (χ0n) is 20.8. The molecule has 0 spiro atoms. The van der Waals surface area contributed by atoms with Crippen LogP contribution in [0.4, 0.5) is 17.5 Å². The Morgan fingerprint density at radius 3 is 2.49 bits per heavy atom. The topological polar surface area (TPSA) is 95.2 Å². The van der Waals surface area contributed by atoms with E-state index >= 15 is 0 Å². The molecule has 0 aliphatic carbocycles. The van der Waals surface area contributed by atoms with Gasteiger partial charge in [0.25, 0.3) is 0 Å². The highest BCUT2D eigenvalue weighted by Gasteiger charge is 2.16. The lowest BCUT2D eigenvalue weighted by molar-refractivity contribution is 0.126. The lowest BCUT2D eigenvalue weighted by Gasteiger charge is -2.34. The maximum atomic E-state index is 5.53. The fourth-order valence-corrected chi connectivity index (χ4v) is 4.26. The van der Waals surface area contributed by atoms with Crippen LogP contribution in [-0.2, 0) is 6.54 Å². The molecule has 0 amide bonds. The largest absolute Gasteiger partial charge is 0.354 e. The fourth-order valence-electron chi connectivity index (χ4n) is 4.26. The van der Waals surface area contributed by atoms with Gasteiger partial charge in [0, 0.05) is 69.1 Å². The van der Waals surface area contributed by atoms with Crippen molar-refractivity contribution in [3.05, 3.63) is 60.6 Å². The van der Waals surface area contributed by atoms with Gasteiger partial charge in [-0.2, -0.15) is 0 Å². The van der Waals surface area contributed by atoms with E-state index in [1.807, 2.05) is 30.7 Å². The van der Waals surface area contributed by atoms with Gasteiger partial charge in [0.2, 0.25) is 5.95 Å². The molecule has 1 aromatic carbocycles. The van der Waals surface area contributed by atoms with Crippen molar-refractivity contribution in [1.29, 1.82) is 0 Å². The van der Waals surface area contributed by atoms with Crippen LogP contribution >= 0.6 is 0 Å². The van der Waals surface area contributed by atoms with Gasteiger partial charge in [0.15, 0.2) is 0 Å². The number of rotatable bonds is 12. The second-order valence-corrected chi connectivity index (χ2v) is 9.09. The Morgan fingerprint density at radius 2 is 1.71 bits per heavy atom. The molecule has 1 aliphatic rings. The molecule has 8 heteroatoms. The van der Waals surface area contributed by atoms with Crippen LogP contribution < -0.4 is 16.4 Å². The normalized spacial score (nSPS) is 14.7. The first-order valence-corrected chi connectivity index (χ1v) is 12.8. The Labute approximate surface area is 209 Å². The number of nitrogens with one attached hydrogen (secondary N) is 2. The number of aromatic nitrogens is 3. The van der Waals surface area contributed by atoms with Gasteiger partial charge in [-0.3, -0.25) is 4.90 Å². The number of unbranched alkanes of at least 4 members (excludes halogenated alkanes) is 1. The number of nitrogens with zero attached hydrogens (tertiary/aromatic N) is 5. The summed E-state index contributed by atoms with van der Waals surface area (Å²) in [6.45, 7) is 10.5. The van der Waals surface area contributed by atoms with Crippen LogP contribution in [0.3, 0.4) is 0 Å². The summed E-state index contributed by atoms with van der Waals surface area (Å²) in [5.41, 5.74) is 9.87. The van der Waals surface area contributed by atoms with Crippen molar-refractivity contribution in [1.82, 2.24) is 24.8 Å². The van der Waals surface area contributed by atoms with E-state index in [0.717, 1.165) is 55.2 Å². The quantitative estimate of drug-likeness (QED) is 0.340. The number of anilines is 3. The number of pyridine rings is 1. The number of nitrogens with two attached hydrogens (primary N) is 1. The molecule has 0 radical (unpaired) electrons. The summed E-state index contributed by atoms with van der Waals surface area (Å²) in [6.07, 6.45) is 8.94. The average molecular weight is 475 g/mol. The van der Waals surface area contributed by atoms with E-state index in [-0.39, 0.29) is 0 Å². The van der Waals surface area contributed by atoms with Gasteiger partial charge in [-0.1, -0.05) is 25.5 Å². The summed E-state index contributed by atoms with van der Waals surface area (Å²) in [6, 6.07) is 12.6. The Balaban J connectivity index is 1.34. The van der Waals surface area contributed by atoms with Gasteiger partial charge in [-0.25, -0.2) is 15.0 Å². The van der Waals surface area contributed by atoms with Gasteiger partial charge in [-0.05, 0) is 61.3 Å². The van der Waals surface area contributed by atoms with E-state index in [4.69, 9.17) is 5.73 Å². The first-order chi connectivity index (χ1) is 17.2. The smallest absolute Gasteiger partial charge is 0.222 e. The van der Waals surface area contributed by atoms with Crippen molar-refractivity contribution in [2.75, 3.05) is 56.4 Å². The van der Waals surface area contributed by atoms with Crippen LogP contribution in [0.5, 0.6) is 0 Å². The Bertz CT molecular complexity index is 1030. The highest BCUT2D eigenvalue weighted by molar-refractivity contribution is 5.67. The number of benzene rings is 1. The molecule has 4 rings (SSSR count). The summed E-state index contributed by atoms with van der Waals surface area (Å²) in [5.74, 6) is 1.42. The third-order valence-electron chi connectivity index (χ3n) is 6.31. The van der Waals surface area contributed by atoms with Crippen LogP contribution in [0.1, 0.15) is 31.7 Å². The third kappa shape index (κ3) is 7.71. The molecule has 3 heterocycles. The van der Waals surface area contributed by atoms with Crippen molar-refractivity contribution < 1.29 is 0 Å². The summed E-state index contributed by atoms with van der Waals surface area (Å²) in [5, 5.41) is 6.64. The molecule has 0 bridgehead atoms. The minimum Gasteiger partial charge on any atom is -0.354 e. The van der Waals surface area contributed by atoms with Crippen molar-refractivity contribution in [2.24, 2.45) is 5.73 Å². The van der Waals surface area contributed by atoms with E-state index in [1.54, 1.807) is 0 Å². The highest BCUT2D eigenvalue weighted by atomic mass is 15.3. The van der Waals surface area contributed by atoms with Crippen molar-refractivity contribution in [2.45, 2.75) is 32.7 Å². The molecule has 0 saturated carbocycles. The molecule has 186 valence electrons. The SMILES string of the molecule is CCCCN1CCN(Cc2cccc(Nc3cc(-c4cnc(NCCCN)nc4)ccn3)c2)CC1. The second kappa shape index (κ2) is 13.1. The molecule has 3 aromatic rings. The van der Waals surface area contributed by atoms with Crippen LogP contribution in [0, 0.1) is 0 Å². The standard InChI is InChI=1S/C27H38N8/c1-2-3-12-34-13-15-35(16-14-34)21-22-6-4-7-25(17-22)33-26-18-23(8-11-29-26)24-19-31-27(32-20-24)30-10-5-9-28/h4,6-8,11,17-20H,2-3,5,9-10,12-16,21,28H2,1H3,(H,29,33)(H,30,31,32). The van der Waals surface area contributed by atoms with Crippen LogP contribution in [0.25, 0.3) is 11.1 Å². The molecule has 1 fully saturated rings. The number of hydrogen-bond donors (Lipinski definition) is 3. The van der Waals surface area contributed by atoms with E-state index < -0.39 is 0 Å².